The first-order valence-corrected chi connectivity index (χ1v) is 7.39. The molecule has 0 aromatic heterocycles. The zero-order chi connectivity index (χ0) is 13.8. The molecule has 0 heterocycles. The molecule has 0 atom stereocenters. The van der Waals surface area contributed by atoms with Crippen LogP contribution in [0.25, 0.3) is 0 Å². The SMILES string of the molecule is CN(Cc1ccccc1CNC1CC1)c1ccccc1. The second-order valence-corrected chi connectivity index (χ2v) is 5.62. The van der Waals surface area contributed by atoms with Gasteiger partial charge in [0.2, 0.25) is 0 Å². The van der Waals surface area contributed by atoms with Gasteiger partial charge in [-0.2, -0.15) is 0 Å². The molecule has 20 heavy (non-hydrogen) atoms. The van der Waals surface area contributed by atoms with E-state index in [1.807, 2.05) is 0 Å². The Balaban J connectivity index is 1.69. The van der Waals surface area contributed by atoms with Gasteiger partial charge in [-0.1, -0.05) is 42.5 Å². The molecule has 2 aromatic rings. The summed E-state index contributed by atoms with van der Waals surface area (Å²) in [6, 6.07) is 20.1. The van der Waals surface area contributed by atoms with Crippen LogP contribution >= 0.6 is 0 Å². The van der Waals surface area contributed by atoms with Crippen LogP contribution in [-0.2, 0) is 13.1 Å². The summed E-state index contributed by atoms with van der Waals surface area (Å²) < 4.78 is 0. The maximum absolute atomic E-state index is 3.61. The van der Waals surface area contributed by atoms with Gasteiger partial charge in [-0.25, -0.2) is 0 Å². The summed E-state index contributed by atoms with van der Waals surface area (Å²) >= 11 is 0. The molecule has 1 aliphatic carbocycles. The molecule has 2 aromatic carbocycles. The van der Waals surface area contributed by atoms with Gasteiger partial charge in [-0.15, -0.1) is 0 Å². The van der Waals surface area contributed by atoms with Crippen LogP contribution in [0, 0.1) is 0 Å². The Morgan fingerprint density at radius 2 is 1.60 bits per heavy atom. The number of para-hydroxylation sites is 1. The summed E-state index contributed by atoms with van der Waals surface area (Å²) in [6.07, 6.45) is 2.68. The number of nitrogens with zero attached hydrogens (tertiary/aromatic N) is 1. The maximum atomic E-state index is 3.61. The molecule has 0 amide bonds. The lowest BCUT2D eigenvalue weighted by Gasteiger charge is -2.21. The summed E-state index contributed by atoms with van der Waals surface area (Å²) in [7, 11) is 2.15. The number of hydrogen-bond donors (Lipinski definition) is 1. The van der Waals surface area contributed by atoms with E-state index in [2.05, 4.69) is 71.9 Å². The number of hydrogen-bond acceptors (Lipinski definition) is 2. The quantitative estimate of drug-likeness (QED) is 0.860. The summed E-state index contributed by atoms with van der Waals surface area (Å²) in [5, 5.41) is 3.61. The van der Waals surface area contributed by atoms with E-state index in [-0.39, 0.29) is 0 Å². The van der Waals surface area contributed by atoms with Crippen molar-refractivity contribution in [2.45, 2.75) is 32.0 Å². The van der Waals surface area contributed by atoms with Crippen molar-refractivity contribution >= 4 is 5.69 Å². The van der Waals surface area contributed by atoms with Crippen molar-refractivity contribution in [2.75, 3.05) is 11.9 Å². The molecule has 104 valence electrons. The maximum Gasteiger partial charge on any atom is 0.0429 e. The molecule has 0 unspecified atom stereocenters. The molecular weight excluding hydrogens is 244 g/mol. The first-order valence-electron chi connectivity index (χ1n) is 7.39. The van der Waals surface area contributed by atoms with Crippen LogP contribution in [0.5, 0.6) is 0 Å². The summed E-state index contributed by atoms with van der Waals surface area (Å²) in [6.45, 7) is 1.94. The molecule has 0 aliphatic heterocycles. The van der Waals surface area contributed by atoms with Gasteiger partial charge >= 0.3 is 0 Å². The number of rotatable bonds is 6. The highest BCUT2D eigenvalue weighted by atomic mass is 15.1. The monoisotopic (exact) mass is 266 g/mol. The minimum atomic E-state index is 0.759. The highest BCUT2D eigenvalue weighted by Gasteiger charge is 2.20. The third-order valence-corrected chi connectivity index (χ3v) is 3.88. The van der Waals surface area contributed by atoms with Crippen molar-refractivity contribution in [3.8, 4) is 0 Å². The van der Waals surface area contributed by atoms with Gasteiger partial charge in [0.25, 0.3) is 0 Å². The molecule has 0 saturated heterocycles. The number of nitrogens with one attached hydrogen (secondary N) is 1. The van der Waals surface area contributed by atoms with E-state index in [1.165, 1.54) is 29.7 Å². The normalized spacial score (nSPS) is 14.2. The third kappa shape index (κ3) is 3.40. The Bertz CT molecular complexity index is 546. The third-order valence-electron chi connectivity index (χ3n) is 3.88. The highest BCUT2D eigenvalue weighted by Crippen LogP contribution is 2.21. The van der Waals surface area contributed by atoms with E-state index in [9.17, 15) is 0 Å². The van der Waals surface area contributed by atoms with Crippen molar-refractivity contribution in [1.29, 1.82) is 0 Å². The average Bonchev–Trinajstić information content (AvgIpc) is 3.31. The Hall–Kier alpha value is -1.80. The largest absolute Gasteiger partial charge is 0.370 e. The molecule has 1 aliphatic rings. The molecule has 1 N–H and O–H groups in total. The van der Waals surface area contributed by atoms with E-state index < -0.39 is 0 Å². The van der Waals surface area contributed by atoms with E-state index >= 15 is 0 Å². The van der Waals surface area contributed by atoms with Crippen LogP contribution in [0.15, 0.2) is 54.6 Å². The zero-order valence-corrected chi connectivity index (χ0v) is 12.0. The fourth-order valence-electron chi connectivity index (χ4n) is 2.46. The Morgan fingerprint density at radius 3 is 2.30 bits per heavy atom. The van der Waals surface area contributed by atoms with Crippen LogP contribution < -0.4 is 10.2 Å². The first kappa shape index (κ1) is 13.2. The second-order valence-electron chi connectivity index (χ2n) is 5.62. The number of anilines is 1. The predicted octanol–water partition coefficient (Wildman–Crippen LogP) is 3.58. The van der Waals surface area contributed by atoms with E-state index in [4.69, 9.17) is 0 Å². The van der Waals surface area contributed by atoms with Crippen molar-refractivity contribution < 1.29 is 0 Å². The van der Waals surface area contributed by atoms with Crippen LogP contribution in [0.3, 0.4) is 0 Å². The van der Waals surface area contributed by atoms with Crippen LogP contribution in [-0.4, -0.2) is 13.1 Å². The van der Waals surface area contributed by atoms with Gasteiger partial charge < -0.3 is 10.2 Å². The topological polar surface area (TPSA) is 15.3 Å². The molecule has 3 rings (SSSR count). The smallest absolute Gasteiger partial charge is 0.0429 e. The molecule has 0 radical (unpaired) electrons. The van der Waals surface area contributed by atoms with Crippen molar-refractivity contribution in [2.24, 2.45) is 0 Å². The lowest BCUT2D eigenvalue weighted by molar-refractivity contribution is 0.681. The Kier molecular flexibility index (Phi) is 4.03. The van der Waals surface area contributed by atoms with E-state index in [0.717, 1.165) is 19.1 Å². The summed E-state index contributed by atoms with van der Waals surface area (Å²) in [4.78, 5) is 2.30. The zero-order valence-electron chi connectivity index (χ0n) is 12.0. The van der Waals surface area contributed by atoms with E-state index in [1.54, 1.807) is 0 Å². The minimum Gasteiger partial charge on any atom is -0.370 e. The minimum absolute atomic E-state index is 0.759. The molecule has 1 saturated carbocycles. The highest BCUT2D eigenvalue weighted by molar-refractivity contribution is 5.46. The Labute approximate surface area is 121 Å². The average molecular weight is 266 g/mol. The number of benzene rings is 2. The van der Waals surface area contributed by atoms with Gasteiger partial charge in [0.05, 0.1) is 0 Å². The van der Waals surface area contributed by atoms with Gasteiger partial charge in [-0.3, -0.25) is 0 Å². The van der Waals surface area contributed by atoms with Gasteiger partial charge in [0.15, 0.2) is 0 Å². The summed E-state index contributed by atoms with van der Waals surface area (Å²) in [5.41, 5.74) is 4.09. The molecule has 2 heteroatoms. The molecule has 1 fully saturated rings. The van der Waals surface area contributed by atoms with Crippen LogP contribution in [0.1, 0.15) is 24.0 Å². The molecule has 0 bridgehead atoms. The van der Waals surface area contributed by atoms with Crippen molar-refractivity contribution in [1.82, 2.24) is 5.32 Å². The summed E-state index contributed by atoms with van der Waals surface area (Å²) in [5.74, 6) is 0. The van der Waals surface area contributed by atoms with Crippen LogP contribution in [0.4, 0.5) is 5.69 Å². The van der Waals surface area contributed by atoms with Gasteiger partial charge in [0, 0.05) is 31.9 Å². The van der Waals surface area contributed by atoms with Gasteiger partial charge in [-0.05, 0) is 36.1 Å². The fraction of sp³-hybridized carbons (Fsp3) is 0.333. The molecular formula is C18H22N2. The standard InChI is InChI=1S/C18H22N2/c1-20(18-9-3-2-4-10-18)14-16-8-6-5-7-15(16)13-19-17-11-12-17/h2-10,17,19H,11-14H2,1H3. The fourth-order valence-corrected chi connectivity index (χ4v) is 2.46. The second kappa shape index (κ2) is 6.10. The molecule has 2 nitrogen and oxygen atoms in total. The van der Waals surface area contributed by atoms with Gasteiger partial charge in [0.1, 0.15) is 0 Å². The van der Waals surface area contributed by atoms with Crippen molar-refractivity contribution in [3.05, 3.63) is 65.7 Å². The van der Waals surface area contributed by atoms with Crippen LogP contribution in [0.2, 0.25) is 0 Å². The lowest BCUT2D eigenvalue weighted by Crippen LogP contribution is -2.20. The molecule has 0 spiro atoms. The first-order chi connectivity index (χ1) is 9.83. The Morgan fingerprint density at radius 1 is 0.950 bits per heavy atom. The lowest BCUT2D eigenvalue weighted by atomic mass is 10.1. The van der Waals surface area contributed by atoms with E-state index in [0.29, 0.717) is 0 Å². The van der Waals surface area contributed by atoms with Crippen molar-refractivity contribution in [3.63, 3.8) is 0 Å². The predicted molar refractivity (Wildman–Crippen MR) is 84.9 cm³/mol.